The first kappa shape index (κ1) is 17.4. The van der Waals surface area contributed by atoms with Gasteiger partial charge in [-0.1, -0.05) is 6.92 Å². The first-order valence-electron chi connectivity index (χ1n) is 7.65. The number of hydrogen-bond donors (Lipinski definition) is 1. The minimum Gasteiger partial charge on any atom is -0.468 e. The van der Waals surface area contributed by atoms with E-state index in [4.69, 9.17) is 14.2 Å². The van der Waals surface area contributed by atoms with Gasteiger partial charge in [0.25, 0.3) is 0 Å². The molecule has 1 N–H and O–H groups in total. The number of ether oxygens (including phenoxy) is 3. The summed E-state index contributed by atoms with van der Waals surface area (Å²) in [6.07, 6.45) is 5.02. The molecule has 1 fully saturated rings. The van der Waals surface area contributed by atoms with Crippen LogP contribution in [-0.4, -0.2) is 51.1 Å². The summed E-state index contributed by atoms with van der Waals surface area (Å²) >= 11 is 0. The van der Waals surface area contributed by atoms with Gasteiger partial charge in [-0.25, -0.2) is 0 Å². The van der Waals surface area contributed by atoms with E-state index in [1.807, 2.05) is 6.92 Å². The predicted molar refractivity (Wildman–Crippen MR) is 77.7 cm³/mol. The highest BCUT2D eigenvalue weighted by Crippen LogP contribution is 2.16. The van der Waals surface area contributed by atoms with Gasteiger partial charge in [-0.3, -0.25) is 4.79 Å². The fourth-order valence-corrected chi connectivity index (χ4v) is 2.41. The Morgan fingerprint density at radius 2 is 2.30 bits per heavy atom. The lowest BCUT2D eigenvalue weighted by atomic mass is 9.96. The van der Waals surface area contributed by atoms with E-state index in [2.05, 4.69) is 12.2 Å². The zero-order chi connectivity index (χ0) is 14.8. The molecule has 2 unspecified atom stereocenters. The van der Waals surface area contributed by atoms with Crippen LogP contribution in [-0.2, 0) is 19.0 Å². The number of methoxy groups -OCH3 is 1. The second kappa shape index (κ2) is 9.32. The van der Waals surface area contributed by atoms with Gasteiger partial charge in [0, 0.05) is 13.2 Å². The Bertz CT molecular complexity index is 279. The second-order valence-corrected chi connectivity index (χ2v) is 5.56. The van der Waals surface area contributed by atoms with Crippen molar-refractivity contribution in [3.63, 3.8) is 0 Å². The van der Waals surface area contributed by atoms with Crippen molar-refractivity contribution >= 4 is 5.97 Å². The Hall–Kier alpha value is -0.650. The van der Waals surface area contributed by atoms with Crippen LogP contribution < -0.4 is 5.32 Å². The summed E-state index contributed by atoms with van der Waals surface area (Å²) in [7, 11) is 1.43. The molecule has 118 valence electrons. The topological polar surface area (TPSA) is 56.8 Å². The molecule has 0 bridgehead atoms. The third-order valence-corrected chi connectivity index (χ3v) is 3.69. The number of carbonyl (C=O) groups excluding carboxylic acids is 1. The third-order valence-electron chi connectivity index (χ3n) is 3.69. The normalized spacial score (nSPS) is 21.6. The van der Waals surface area contributed by atoms with Crippen LogP contribution in [0.3, 0.4) is 0 Å². The molecule has 0 spiro atoms. The maximum Gasteiger partial charge on any atom is 0.325 e. The molecule has 0 aromatic carbocycles. The molecule has 2 atom stereocenters. The molecule has 1 heterocycles. The lowest BCUT2D eigenvalue weighted by Crippen LogP contribution is -2.50. The van der Waals surface area contributed by atoms with E-state index in [1.165, 1.54) is 7.11 Å². The van der Waals surface area contributed by atoms with Crippen LogP contribution in [0.15, 0.2) is 0 Å². The number of nitrogens with one attached hydrogen (secondary N) is 1. The highest BCUT2D eigenvalue weighted by atomic mass is 16.5. The smallest absolute Gasteiger partial charge is 0.325 e. The van der Waals surface area contributed by atoms with E-state index < -0.39 is 5.54 Å². The van der Waals surface area contributed by atoms with Crippen LogP contribution in [0, 0.1) is 0 Å². The highest BCUT2D eigenvalue weighted by Gasteiger charge is 2.32. The molecule has 0 amide bonds. The molecule has 1 aliphatic rings. The fraction of sp³-hybridized carbons (Fsp3) is 0.933. The Morgan fingerprint density at radius 1 is 1.50 bits per heavy atom. The third kappa shape index (κ3) is 5.77. The molecule has 5 heteroatoms. The summed E-state index contributed by atoms with van der Waals surface area (Å²) in [4.78, 5) is 11.9. The van der Waals surface area contributed by atoms with Crippen molar-refractivity contribution in [2.75, 3.05) is 33.5 Å². The molecule has 0 radical (unpaired) electrons. The lowest BCUT2D eigenvalue weighted by molar-refractivity contribution is -0.148. The molecule has 0 aliphatic carbocycles. The van der Waals surface area contributed by atoms with Gasteiger partial charge >= 0.3 is 5.97 Å². The van der Waals surface area contributed by atoms with Gasteiger partial charge in [-0.15, -0.1) is 0 Å². The van der Waals surface area contributed by atoms with Gasteiger partial charge in [0.2, 0.25) is 0 Å². The number of esters is 1. The predicted octanol–water partition coefficient (Wildman–Crippen LogP) is 1.89. The fourth-order valence-electron chi connectivity index (χ4n) is 2.41. The van der Waals surface area contributed by atoms with E-state index in [0.29, 0.717) is 19.6 Å². The first-order valence-corrected chi connectivity index (χ1v) is 7.65. The lowest BCUT2D eigenvalue weighted by Gasteiger charge is -2.28. The molecular formula is C15H29NO4. The molecule has 1 aliphatic heterocycles. The van der Waals surface area contributed by atoms with Crippen molar-refractivity contribution in [3.05, 3.63) is 0 Å². The quantitative estimate of drug-likeness (QED) is 0.491. The van der Waals surface area contributed by atoms with Gasteiger partial charge in [0.05, 0.1) is 19.8 Å². The van der Waals surface area contributed by atoms with Gasteiger partial charge in [0.1, 0.15) is 5.54 Å². The standard InChI is InChI=1S/C15H29NO4/c1-4-9-16-15(2,14(17)18-3)8-6-10-19-12-13-7-5-11-20-13/h13,16H,4-12H2,1-3H3. The Labute approximate surface area is 122 Å². The summed E-state index contributed by atoms with van der Waals surface area (Å²) in [5, 5.41) is 3.27. The van der Waals surface area contributed by atoms with Crippen molar-refractivity contribution in [2.24, 2.45) is 0 Å². The molecule has 1 saturated heterocycles. The average Bonchev–Trinajstić information content (AvgIpc) is 2.97. The first-order chi connectivity index (χ1) is 9.62. The number of hydrogen-bond acceptors (Lipinski definition) is 5. The van der Waals surface area contributed by atoms with E-state index in [1.54, 1.807) is 0 Å². The van der Waals surface area contributed by atoms with Crippen molar-refractivity contribution < 1.29 is 19.0 Å². The van der Waals surface area contributed by atoms with Crippen molar-refractivity contribution in [2.45, 2.75) is 57.6 Å². The van der Waals surface area contributed by atoms with Gasteiger partial charge in [0.15, 0.2) is 0 Å². The maximum atomic E-state index is 11.9. The van der Waals surface area contributed by atoms with Crippen molar-refractivity contribution in [3.8, 4) is 0 Å². The zero-order valence-corrected chi connectivity index (χ0v) is 13.1. The molecule has 0 saturated carbocycles. The molecule has 0 aromatic heterocycles. The van der Waals surface area contributed by atoms with Gasteiger partial charge in [-0.05, 0) is 45.6 Å². The van der Waals surface area contributed by atoms with Crippen LogP contribution in [0.2, 0.25) is 0 Å². The van der Waals surface area contributed by atoms with Crippen LogP contribution >= 0.6 is 0 Å². The highest BCUT2D eigenvalue weighted by molar-refractivity contribution is 5.80. The van der Waals surface area contributed by atoms with E-state index in [0.717, 1.165) is 38.8 Å². The van der Waals surface area contributed by atoms with Crippen molar-refractivity contribution in [1.82, 2.24) is 5.32 Å². The Kier molecular flexibility index (Phi) is 8.11. The maximum absolute atomic E-state index is 11.9. The minimum atomic E-state index is -0.613. The molecule has 20 heavy (non-hydrogen) atoms. The molecule has 1 rings (SSSR count). The minimum absolute atomic E-state index is 0.204. The van der Waals surface area contributed by atoms with Crippen LogP contribution in [0.25, 0.3) is 0 Å². The molecular weight excluding hydrogens is 258 g/mol. The molecule has 0 aromatic rings. The van der Waals surface area contributed by atoms with Crippen molar-refractivity contribution in [1.29, 1.82) is 0 Å². The summed E-state index contributed by atoms with van der Waals surface area (Å²) < 4.78 is 16.0. The van der Waals surface area contributed by atoms with Gasteiger partial charge < -0.3 is 19.5 Å². The summed E-state index contributed by atoms with van der Waals surface area (Å²) in [6.45, 7) is 6.96. The van der Waals surface area contributed by atoms with E-state index >= 15 is 0 Å². The number of carbonyl (C=O) groups is 1. The van der Waals surface area contributed by atoms with E-state index in [9.17, 15) is 4.79 Å². The summed E-state index contributed by atoms with van der Waals surface area (Å²) in [5.74, 6) is -0.204. The zero-order valence-electron chi connectivity index (χ0n) is 13.1. The van der Waals surface area contributed by atoms with Crippen LogP contribution in [0.4, 0.5) is 0 Å². The van der Waals surface area contributed by atoms with Crippen LogP contribution in [0.5, 0.6) is 0 Å². The largest absolute Gasteiger partial charge is 0.468 e. The number of rotatable bonds is 10. The summed E-state index contributed by atoms with van der Waals surface area (Å²) in [6, 6.07) is 0. The Balaban J connectivity index is 2.21. The monoisotopic (exact) mass is 287 g/mol. The summed E-state index contributed by atoms with van der Waals surface area (Å²) in [5.41, 5.74) is -0.613. The second-order valence-electron chi connectivity index (χ2n) is 5.56. The Morgan fingerprint density at radius 3 is 2.90 bits per heavy atom. The average molecular weight is 287 g/mol. The SMILES string of the molecule is CCCNC(C)(CCCOCC1CCCO1)C(=O)OC. The molecule has 5 nitrogen and oxygen atoms in total. The van der Waals surface area contributed by atoms with Crippen LogP contribution in [0.1, 0.15) is 46.0 Å². The van der Waals surface area contributed by atoms with E-state index in [-0.39, 0.29) is 12.1 Å². The van der Waals surface area contributed by atoms with Gasteiger partial charge in [-0.2, -0.15) is 0 Å².